The molecule has 0 aliphatic carbocycles. The summed E-state index contributed by atoms with van der Waals surface area (Å²) in [6.07, 6.45) is 3.16. The molecule has 1 heterocycles. The summed E-state index contributed by atoms with van der Waals surface area (Å²) in [6.45, 7) is -0.616. The number of carboxylic acids is 2. The molecule has 10 heteroatoms. The maximum atomic E-state index is 10.2. The minimum Gasteiger partial charge on any atom is -0.665 e. The molecule has 1 aromatic heterocycles. The van der Waals surface area contributed by atoms with Gasteiger partial charge in [0, 0.05) is 18.5 Å². The van der Waals surface area contributed by atoms with Crippen molar-refractivity contribution < 1.29 is 42.0 Å². The van der Waals surface area contributed by atoms with Crippen LogP contribution < -0.4 is 0 Å². The van der Waals surface area contributed by atoms with Crippen molar-refractivity contribution in [2.45, 2.75) is 18.5 Å². The number of aromatic amines is 1. The molecule has 1 aromatic rings. The number of carboxylic acid groups (broad SMARTS) is 2. The van der Waals surface area contributed by atoms with Gasteiger partial charge in [-0.05, 0) is 18.5 Å². The fourth-order valence-corrected chi connectivity index (χ4v) is 0.782. The summed E-state index contributed by atoms with van der Waals surface area (Å²) in [4.78, 5) is 26.2. The van der Waals surface area contributed by atoms with Crippen molar-refractivity contribution in [2.75, 3.05) is 6.61 Å². The molecule has 0 saturated heterocycles. The summed E-state index contributed by atoms with van der Waals surface area (Å²) < 4.78 is 0. The quantitative estimate of drug-likeness (QED) is 0.553. The Hall–Kier alpha value is -1.45. The van der Waals surface area contributed by atoms with Crippen LogP contribution in [0.1, 0.15) is 5.69 Å². The van der Waals surface area contributed by atoms with Gasteiger partial charge in [0.1, 0.15) is 0 Å². The Balaban J connectivity index is 0. The maximum absolute atomic E-state index is 10.2. The molecular formula is C9H14CuN4O5. The first kappa shape index (κ1) is 19.9. The van der Waals surface area contributed by atoms with Crippen LogP contribution in [0.15, 0.2) is 12.5 Å². The Bertz CT molecular complexity index is 373. The molecule has 19 heavy (non-hydrogen) atoms. The summed E-state index contributed by atoms with van der Waals surface area (Å²) in [6, 6.07) is -2.48. The average molecular weight is 322 g/mol. The average Bonchev–Trinajstić information content (AvgIpc) is 2.81. The van der Waals surface area contributed by atoms with E-state index in [1.54, 1.807) is 0 Å². The number of aliphatic hydroxyl groups is 1. The SMILES string of the molecule is [Cu+2].[NH-]C(CO)C(=O)O.[NH-]C(Cc1cnc[nH]1)C(=O)O. The second-order valence-electron chi connectivity index (χ2n) is 3.25. The first-order chi connectivity index (χ1) is 8.38. The normalized spacial score (nSPS) is 12.4. The predicted octanol–water partition coefficient (Wildman–Crippen LogP) is -0.0608. The Morgan fingerprint density at radius 3 is 2.05 bits per heavy atom. The molecule has 6 N–H and O–H groups in total. The van der Waals surface area contributed by atoms with E-state index in [-0.39, 0.29) is 23.5 Å². The number of H-pyrrole nitrogens is 1. The van der Waals surface area contributed by atoms with Crippen molar-refractivity contribution in [1.29, 1.82) is 0 Å². The summed E-state index contributed by atoms with van der Waals surface area (Å²) in [7, 11) is 0. The minimum absolute atomic E-state index is 0. The molecular weight excluding hydrogens is 308 g/mol. The fourth-order valence-electron chi connectivity index (χ4n) is 0.782. The van der Waals surface area contributed by atoms with E-state index in [9.17, 15) is 9.59 Å². The zero-order valence-electron chi connectivity index (χ0n) is 9.63. The predicted molar refractivity (Wildman–Crippen MR) is 60.9 cm³/mol. The topological polar surface area (TPSA) is 171 Å². The van der Waals surface area contributed by atoms with Crippen LogP contribution in [0.25, 0.3) is 11.5 Å². The van der Waals surface area contributed by atoms with Gasteiger partial charge < -0.3 is 31.8 Å². The van der Waals surface area contributed by atoms with Crippen molar-refractivity contribution in [1.82, 2.24) is 9.97 Å². The minimum atomic E-state index is -1.38. The molecule has 2 unspecified atom stereocenters. The van der Waals surface area contributed by atoms with Crippen LogP contribution in [0.5, 0.6) is 0 Å². The molecule has 0 fully saturated rings. The molecule has 0 aliphatic heterocycles. The Morgan fingerprint density at radius 2 is 1.79 bits per heavy atom. The Morgan fingerprint density at radius 1 is 1.26 bits per heavy atom. The first-order valence-electron chi connectivity index (χ1n) is 4.84. The van der Waals surface area contributed by atoms with Gasteiger partial charge in [-0.2, -0.15) is 0 Å². The van der Waals surface area contributed by atoms with Crippen molar-refractivity contribution in [3.63, 3.8) is 0 Å². The van der Waals surface area contributed by atoms with E-state index in [1.807, 2.05) is 0 Å². The van der Waals surface area contributed by atoms with E-state index in [4.69, 9.17) is 26.8 Å². The summed E-state index contributed by atoms with van der Waals surface area (Å²) >= 11 is 0. The van der Waals surface area contributed by atoms with E-state index in [0.29, 0.717) is 5.69 Å². The molecule has 0 bridgehead atoms. The standard InChI is InChI=1S/C6H8N3O2.C3H6NO3.Cu/c7-5(6(10)11)1-4-2-8-3-9-4;4-2(1-5)3(6)7;/h2-3,5,7H,1H2,(H,8,9)(H,10,11);2,4-5H,1H2,(H,6,7);/q2*-1;+2. The van der Waals surface area contributed by atoms with E-state index in [2.05, 4.69) is 9.97 Å². The number of aromatic nitrogens is 2. The second kappa shape index (κ2) is 10.5. The van der Waals surface area contributed by atoms with Gasteiger partial charge in [0.05, 0.1) is 6.33 Å². The molecule has 9 nitrogen and oxygen atoms in total. The van der Waals surface area contributed by atoms with Crippen LogP contribution in [-0.2, 0) is 33.1 Å². The van der Waals surface area contributed by atoms with Crippen LogP contribution in [0.2, 0.25) is 0 Å². The summed E-state index contributed by atoms with van der Waals surface area (Å²) in [5, 5.41) is 24.1. The zero-order valence-corrected chi connectivity index (χ0v) is 10.6. The van der Waals surface area contributed by atoms with Crippen LogP contribution in [0.4, 0.5) is 0 Å². The molecule has 0 amide bonds. The van der Waals surface area contributed by atoms with Gasteiger partial charge in [-0.1, -0.05) is 0 Å². The number of nitrogens with one attached hydrogen (secondary N) is 3. The molecule has 0 aliphatic rings. The Labute approximate surface area is 119 Å². The van der Waals surface area contributed by atoms with E-state index in [1.165, 1.54) is 12.5 Å². The monoisotopic (exact) mass is 321 g/mol. The summed E-state index contributed by atoms with van der Waals surface area (Å²) in [5.74, 6) is -2.40. The van der Waals surface area contributed by atoms with Crippen LogP contribution in [0, 0.1) is 0 Å². The first-order valence-corrected chi connectivity index (χ1v) is 4.84. The van der Waals surface area contributed by atoms with Crippen LogP contribution >= 0.6 is 0 Å². The van der Waals surface area contributed by atoms with Crippen molar-refractivity contribution in [3.05, 3.63) is 29.7 Å². The third-order valence-electron chi connectivity index (χ3n) is 1.76. The number of rotatable bonds is 5. The third kappa shape index (κ3) is 9.17. The Kier molecular flexibility index (Phi) is 11.0. The molecule has 2 atom stereocenters. The number of nitrogens with zero attached hydrogens (tertiary/aromatic N) is 1. The molecule has 111 valence electrons. The van der Waals surface area contributed by atoms with E-state index in [0.717, 1.165) is 0 Å². The zero-order chi connectivity index (χ0) is 14.1. The second-order valence-corrected chi connectivity index (χ2v) is 3.25. The molecule has 0 spiro atoms. The van der Waals surface area contributed by atoms with Crippen molar-refractivity contribution >= 4 is 11.9 Å². The molecule has 0 aromatic carbocycles. The smallest absolute Gasteiger partial charge is 0.665 e. The van der Waals surface area contributed by atoms with Crippen molar-refractivity contribution in [3.8, 4) is 0 Å². The van der Waals surface area contributed by atoms with E-state index < -0.39 is 30.6 Å². The van der Waals surface area contributed by atoms with Gasteiger partial charge in [0.15, 0.2) is 0 Å². The summed E-state index contributed by atoms with van der Waals surface area (Å²) in [5.41, 5.74) is 14.2. The molecule has 1 radical (unpaired) electrons. The van der Waals surface area contributed by atoms with Gasteiger partial charge >= 0.3 is 17.1 Å². The number of hydrogen-bond acceptors (Lipinski definition) is 4. The van der Waals surface area contributed by atoms with Gasteiger partial charge in [-0.15, -0.1) is 0 Å². The van der Waals surface area contributed by atoms with Gasteiger partial charge in [0.2, 0.25) is 0 Å². The maximum Gasteiger partial charge on any atom is 2.00 e. The number of carbonyl (C=O) groups is 2. The number of aliphatic carboxylic acids is 2. The van der Waals surface area contributed by atoms with Crippen molar-refractivity contribution in [2.24, 2.45) is 0 Å². The van der Waals surface area contributed by atoms with Gasteiger partial charge in [0.25, 0.3) is 11.9 Å². The van der Waals surface area contributed by atoms with E-state index >= 15 is 0 Å². The van der Waals surface area contributed by atoms with Crippen LogP contribution in [0.3, 0.4) is 0 Å². The van der Waals surface area contributed by atoms with Crippen LogP contribution in [-0.4, -0.2) is 55.9 Å². The number of hydrogen-bond donors (Lipinski definition) is 4. The molecule has 1 rings (SSSR count). The van der Waals surface area contributed by atoms with Gasteiger partial charge in [-0.25, -0.2) is 4.98 Å². The largest absolute Gasteiger partial charge is 2.00 e. The number of aliphatic hydroxyl groups excluding tert-OH is 1. The molecule has 0 saturated carbocycles. The third-order valence-corrected chi connectivity index (χ3v) is 1.76. The fraction of sp³-hybridized carbons (Fsp3) is 0.444. The number of imidazole rings is 1. The van der Waals surface area contributed by atoms with Gasteiger partial charge in [-0.3, -0.25) is 9.59 Å².